The highest BCUT2D eigenvalue weighted by Crippen LogP contribution is 2.27. The number of carbonyl (C=O) groups excluding carboxylic acids is 1. The minimum absolute atomic E-state index is 0.0300. The number of rotatable bonds is 3. The number of benzene rings is 1. The van der Waals surface area contributed by atoms with Gasteiger partial charge in [-0.1, -0.05) is 6.07 Å². The molecule has 0 saturated carbocycles. The van der Waals surface area contributed by atoms with Gasteiger partial charge < -0.3 is 14.7 Å². The van der Waals surface area contributed by atoms with Gasteiger partial charge in [0, 0.05) is 18.7 Å². The van der Waals surface area contributed by atoms with E-state index in [1.165, 1.54) is 6.42 Å². The van der Waals surface area contributed by atoms with Crippen LogP contribution in [0, 0.1) is 6.92 Å². The molecule has 1 atom stereocenters. The molecule has 1 aromatic rings. The van der Waals surface area contributed by atoms with Crippen LogP contribution in [0.25, 0.3) is 0 Å². The third-order valence-corrected chi connectivity index (χ3v) is 3.57. The van der Waals surface area contributed by atoms with Crippen LogP contribution in [0.3, 0.4) is 0 Å². The SMILES string of the molecule is Cc1c(O)cccc1OC(C)C(=O)N1CCCCC1. The molecule has 1 N–H and O–H groups in total. The largest absolute Gasteiger partial charge is 0.508 e. The zero-order chi connectivity index (χ0) is 13.8. The summed E-state index contributed by atoms with van der Waals surface area (Å²) in [6.45, 7) is 5.19. The van der Waals surface area contributed by atoms with Crippen molar-refractivity contribution in [2.75, 3.05) is 13.1 Å². The second-order valence-corrected chi connectivity index (χ2v) is 5.05. The highest BCUT2D eigenvalue weighted by molar-refractivity contribution is 5.81. The number of aromatic hydroxyl groups is 1. The van der Waals surface area contributed by atoms with Crippen molar-refractivity contribution in [1.29, 1.82) is 0 Å². The molecule has 2 rings (SSSR count). The normalized spacial score (nSPS) is 17.1. The third kappa shape index (κ3) is 3.19. The van der Waals surface area contributed by atoms with Gasteiger partial charge in [0.1, 0.15) is 11.5 Å². The molecule has 0 radical (unpaired) electrons. The number of phenolic OH excluding ortho intramolecular Hbond substituents is 1. The summed E-state index contributed by atoms with van der Waals surface area (Å²) in [5, 5.41) is 9.62. The number of hydrogen-bond donors (Lipinski definition) is 1. The Morgan fingerprint density at radius 2 is 2.00 bits per heavy atom. The molecule has 1 aromatic carbocycles. The fraction of sp³-hybridized carbons (Fsp3) is 0.533. The Bertz CT molecular complexity index is 453. The lowest BCUT2D eigenvalue weighted by molar-refractivity contribution is -0.138. The maximum atomic E-state index is 12.2. The van der Waals surface area contributed by atoms with Crippen LogP contribution in [0.4, 0.5) is 0 Å². The first-order valence-electron chi connectivity index (χ1n) is 6.83. The Morgan fingerprint density at radius 1 is 1.32 bits per heavy atom. The van der Waals surface area contributed by atoms with Crippen LogP contribution in [-0.2, 0) is 4.79 Å². The highest BCUT2D eigenvalue weighted by atomic mass is 16.5. The van der Waals surface area contributed by atoms with E-state index in [0.717, 1.165) is 25.9 Å². The van der Waals surface area contributed by atoms with Crippen LogP contribution < -0.4 is 4.74 Å². The van der Waals surface area contributed by atoms with Crippen molar-refractivity contribution in [1.82, 2.24) is 4.90 Å². The Morgan fingerprint density at radius 3 is 2.68 bits per heavy atom. The number of nitrogens with zero attached hydrogens (tertiary/aromatic N) is 1. The first-order chi connectivity index (χ1) is 9.09. The van der Waals surface area contributed by atoms with Crippen LogP contribution in [0.15, 0.2) is 18.2 Å². The topological polar surface area (TPSA) is 49.8 Å². The van der Waals surface area contributed by atoms with Crippen molar-refractivity contribution < 1.29 is 14.6 Å². The fourth-order valence-electron chi connectivity index (χ4n) is 2.34. The predicted molar refractivity (Wildman–Crippen MR) is 73.4 cm³/mol. The summed E-state index contributed by atoms with van der Waals surface area (Å²) in [5.74, 6) is 0.787. The summed E-state index contributed by atoms with van der Waals surface area (Å²) in [6, 6.07) is 5.10. The number of likely N-dealkylation sites (tertiary alicyclic amines) is 1. The van der Waals surface area contributed by atoms with Gasteiger partial charge in [0.05, 0.1) is 0 Å². The van der Waals surface area contributed by atoms with Gasteiger partial charge in [-0.05, 0) is 45.2 Å². The first kappa shape index (κ1) is 13.7. The molecule has 0 aliphatic carbocycles. The smallest absolute Gasteiger partial charge is 0.263 e. The van der Waals surface area contributed by atoms with Gasteiger partial charge in [0.15, 0.2) is 6.10 Å². The third-order valence-electron chi connectivity index (χ3n) is 3.57. The molecule has 0 spiro atoms. The van der Waals surface area contributed by atoms with Crippen LogP contribution in [0.5, 0.6) is 11.5 Å². The molecule has 4 nitrogen and oxygen atoms in total. The predicted octanol–water partition coefficient (Wildman–Crippen LogP) is 2.48. The van der Waals surface area contributed by atoms with E-state index < -0.39 is 6.10 Å². The summed E-state index contributed by atoms with van der Waals surface area (Å²) in [5.41, 5.74) is 0.667. The number of amides is 1. The number of ether oxygens (including phenoxy) is 1. The maximum absolute atomic E-state index is 12.2. The molecule has 1 heterocycles. The average Bonchev–Trinajstić information content (AvgIpc) is 2.44. The molecule has 0 bridgehead atoms. The molecule has 1 saturated heterocycles. The van der Waals surface area contributed by atoms with Gasteiger partial charge in [-0.25, -0.2) is 0 Å². The van der Waals surface area contributed by atoms with Crippen molar-refractivity contribution in [3.8, 4) is 11.5 Å². The number of carbonyl (C=O) groups is 1. The average molecular weight is 263 g/mol. The summed E-state index contributed by atoms with van der Waals surface area (Å²) in [7, 11) is 0. The second kappa shape index (κ2) is 5.95. The zero-order valence-electron chi connectivity index (χ0n) is 11.6. The van der Waals surface area contributed by atoms with Crippen molar-refractivity contribution >= 4 is 5.91 Å². The van der Waals surface area contributed by atoms with Crippen LogP contribution >= 0.6 is 0 Å². The fourth-order valence-corrected chi connectivity index (χ4v) is 2.34. The molecule has 104 valence electrons. The summed E-state index contributed by atoms with van der Waals surface area (Å²) >= 11 is 0. The molecule has 4 heteroatoms. The zero-order valence-corrected chi connectivity index (χ0v) is 11.6. The van der Waals surface area contributed by atoms with E-state index in [-0.39, 0.29) is 11.7 Å². The van der Waals surface area contributed by atoms with E-state index in [1.807, 2.05) is 4.90 Å². The Balaban J connectivity index is 2.01. The first-order valence-corrected chi connectivity index (χ1v) is 6.83. The van der Waals surface area contributed by atoms with E-state index in [0.29, 0.717) is 11.3 Å². The molecular weight excluding hydrogens is 242 g/mol. The van der Waals surface area contributed by atoms with E-state index in [9.17, 15) is 9.90 Å². The monoisotopic (exact) mass is 263 g/mol. The Hall–Kier alpha value is -1.71. The Kier molecular flexibility index (Phi) is 4.30. The van der Waals surface area contributed by atoms with E-state index >= 15 is 0 Å². The number of phenols is 1. The second-order valence-electron chi connectivity index (χ2n) is 5.05. The quantitative estimate of drug-likeness (QED) is 0.911. The minimum Gasteiger partial charge on any atom is -0.508 e. The van der Waals surface area contributed by atoms with E-state index in [2.05, 4.69) is 0 Å². The molecule has 1 aliphatic heterocycles. The van der Waals surface area contributed by atoms with Gasteiger partial charge in [-0.3, -0.25) is 4.79 Å². The van der Waals surface area contributed by atoms with Gasteiger partial charge in [0.25, 0.3) is 5.91 Å². The van der Waals surface area contributed by atoms with Crippen LogP contribution in [0.1, 0.15) is 31.7 Å². The van der Waals surface area contributed by atoms with E-state index in [4.69, 9.17) is 4.74 Å². The Labute approximate surface area is 114 Å². The summed E-state index contributed by atoms with van der Waals surface area (Å²) in [4.78, 5) is 14.1. The molecule has 1 amide bonds. The van der Waals surface area contributed by atoms with Crippen molar-refractivity contribution in [2.24, 2.45) is 0 Å². The molecule has 1 aliphatic rings. The van der Waals surface area contributed by atoms with Crippen LogP contribution in [-0.4, -0.2) is 35.1 Å². The summed E-state index contributed by atoms with van der Waals surface area (Å²) in [6.07, 6.45) is 2.83. The summed E-state index contributed by atoms with van der Waals surface area (Å²) < 4.78 is 5.69. The molecular formula is C15H21NO3. The molecule has 19 heavy (non-hydrogen) atoms. The standard InChI is InChI=1S/C15H21NO3/c1-11-13(17)7-6-8-14(11)19-12(2)15(18)16-9-4-3-5-10-16/h6-8,12,17H,3-5,9-10H2,1-2H3. The maximum Gasteiger partial charge on any atom is 0.263 e. The highest BCUT2D eigenvalue weighted by Gasteiger charge is 2.23. The number of piperidine rings is 1. The van der Waals surface area contributed by atoms with Gasteiger partial charge in [-0.15, -0.1) is 0 Å². The minimum atomic E-state index is -0.515. The van der Waals surface area contributed by atoms with Gasteiger partial charge in [0.2, 0.25) is 0 Å². The molecule has 1 unspecified atom stereocenters. The van der Waals surface area contributed by atoms with Crippen molar-refractivity contribution in [2.45, 2.75) is 39.2 Å². The van der Waals surface area contributed by atoms with Crippen molar-refractivity contribution in [3.05, 3.63) is 23.8 Å². The molecule has 0 aromatic heterocycles. The molecule has 1 fully saturated rings. The van der Waals surface area contributed by atoms with Gasteiger partial charge in [-0.2, -0.15) is 0 Å². The number of hydrogen-bond acceptors (Lipinski definition) is 3. The lowest BCUT2D eigenvalue weighted by Gasteiger charge is -2.29. The van der Waals surface area contributed by atoms with E-state index in [1.54, 1.807) is 32.0 Å². The van der Waals surface area contributed by atoms with Crippen LogP contribution in [0.2, 0.25) is 0 Å². The van der Waals surface area contributed by atoms with Gasteiger partial charge >= 0.3 is 0 Å². The van der Waals surface area contributed by atoms with Crippen molar-refractivity contribution in [3.63, 3.8) is 0 Å². The lowest BCUT2D eigenvalue weighted by atomic mass is 10.1. The lowest BCUT2D eigenvalue weighted by Crippen LogP contribution is -2.43.